The Bertz CT molecular complexity index is 900. The molecule has 0 bridgehead atoms. The van der Waals surface area contributed by atoms with Crippen molar-refractivity contribution in [1.82, 2.24) is 15.1 Å². The number of hydrogen-bond donors (Lipinski definition) is 1. The summed E-state index contributed by atoms with van der Waals surface area (Å²) in [6, 6.07) is 12.2. The molecule has 1 unspecified atom stereocenters. The number of fused-ring (bicyclic) bond motifs is 1. The van der Waals surface area contributed by atoms with Gasteiger partial charge in [0.05, 0.1) is 17.8 Å². The topological polar surface area (TPSA) is 33.1 Å². The van der Waals surface area contributed by atoms with Crippen molar-refractivity contribution in [2.24, 2.45) is 0 Å². The third kappa shape index (κ3) is 3.22. The number of piperazine rings is 1. The first-order valence-corrected chi connectivity index (χ1v) is 9.27. The molecule has 1 N–H and O–H groups in total. The molecule has 0 spiro atoms. The molecule has 0 saturated carbocycles. The number of benzene rings is 2. The van der Waals surface area contributed by atoms with Crippen molar-refractivity contribution >= 4 is 39.8 Å². The highest BCUT2D eigenvalue weighted by molar-refractivity contribution is 6.35. The predicted octanol–water partition coefficient (Wildman–Crippen LogP) is 4.36. The lowest BCUT2D eigenvalue weighted by atomic mass is 10.1. The quantitative estimate of drug-likeness (QED) is 0.738. The second kappa shape index (κ2) is 6.87. The molecule has 4 nitrogen and oxygen atoms in total. The number of rotatable bonds is 3. The average molecular weight is 375 g/mol. The molecule has 1 aliphatic rings. The minimum Gasteiger partial charge on any atom is -0.369 e. The molecule has 130 valence electrons. The maximum absolute atomic E-state index is 6.40. The minimum atomic E-state index is 0.0283. The third-order valence-corrected chi connectivity index (χ3v) is 5.41. The van der Waals surface area contributed by atoms with Gasteiger partial charge in [0, 0.05) is 47.3 Å². The summed E-state index contributed by atoms with van der Waals surface area (Å²) in [5.41, 5.74) is 3.38. The minimum absolute atomic E-state index is 0.0283. The molecule has 25 heavy (non-hydrogen) atoms. The zero-order chi connectivity index (χ0) is 17.4. The lowest BCUT2D eigenvalue weighted by molar-refractivity contribution is 0.582. The van der Waals surface area contributed by atoms with E-state index in [1.165, 1.54) is 5.69 Å². The largest absolute Gasteiger partial charge is 0.369 e. The molecule has 1 atom stereocenters. The number of nitrogens with one attached hydrogen (secondary N) is 1. The summed E-state index contributed by atoms with van der Waals surface area (Å²) in [7, 11) is 0. The Labute approximate surface area is 157 Å². The molecular formula is C19H20Cl2N4. The zero-order valence-electron chi connectivity index (χ0n) is 14.0. The van der Waals surface area contributed by atoms with Gasteiger partial charge in [-0.3, -0.25) is 4.68 Å². The van der Waals surface area contributed by atoms with E-state index in [0.717, 1.165) is 42.6 Å². The van der Waals surface area contributed by atoms with Crippen LogP contribution in [0.1, 0.15) is 18.5 Å². The second-order valence-electron chi connectivity index (χ2n) is 6.41. The first-order chi connectivity index (χ1) is 12.1. The number of aromatic nitrogens is 2. The summed E-state index contributed by atoms with van der Waals surface area (Å²) < 4.78 is 2.04. The summed E-state index contributed by atoms with van der Waals surface area (Å²) in [5, 5.41) is 10.5. The fraction of sp³-hybridized carbons (Fsp3) is 0.316. The Morgan fingerprint density at radius 1 is 1.08 bits per heavy atom. The van der Waals surface area contributed by atoms with Crippen LogP contribution in [-0.4, -0.2) is 36.0 Å². The van der Waals surface area contributed by atoms with Gasteiger partial charge >= 0.3 is 0 Å². The van der Waals surface area contributed by atoms with Crippen LogP contribution in [0.5, 0.6) is 0 Å². The van der Waals surface area contributed by atoms with E-state index in [1.54, 1.807) is 6.07 Å². The van der Waals surface area contributed by atoms with Crippen LogP contribution in [-0.2, 0) is 0 Å². The standard InChI is InChI=1S/C19H20Cl2N4/c1-13(17-5-3-15(20)10-18(17)21)25-19-11-16(4-2-14(19)12-23-25)24-8-6-22-7-9-24/h2-5,10-13,22H,6-9H2,1H3. The fourth-order valence-corrected chi connectivity index (χ4v) is 3.99. The molecule has 0 aliphatic carbocycles. The molecule has 1 aliphatic heterocycles. The molecular weight excluding hydrogens is 355 g/mol. The molecule has 3 aromatic rings. The van der Waals surface area contributed by atoms with Crippen LogP contribution >= 0.6 is 23.2 Å². The number of nitrogens with zero attached hydrogens (tertiary/aromatic N) is 3. The van der Waals surface area contributed by atoms with Crippen LogP contribution in [0.3, 0.4) is 0 Å². The Morgan fingerprint density at radius 2 is 1.88 bits per heavy atom. The van der Waals surface area contributed by atoms with E-state index >= 15 is 0 Å². The van der Waals surface area contributed by atoms with E-state index in [-0.39, 0.29) is 6.04 Å². The molecule has 1 aromatic heterocycles. The van der Waals surface area contributed by atoms with E-state index in [1.807, 2.05) is 23.0 Å². The molecule has 6 heteroatoms. The van der Waals surface area contributed by atoms with Crippen LogP contribution < -0.4 is 10.2 Å². The number of halogens is 2. The van der Waals surface area contributed by atoms with Gasteiger partial charge in [0.1, 0.15) is 0 Å². The first kappa shape index (κ1) is 16.7. The Morgan fingerprint density at radius 3 is 2.64 bits per heavy atom. The summed E-state index contributed by atoms with van der Waals surface area (Å²) in [4.78, 5) is 2.41. The first-order valence-electron chi connectivity index (χ1n) is 8.51. The number of anilines is 1. The van der Waals surface area contributed by atoms with E-state index in [9.17, 15) is 0 Å². The van der Waals surface area contributed by atoms with Crippen LogP contribution in [0.4, 0.5) is 5.69 Å². The van der Waals surface area contributed by atoms with Gasteiger partial charge < -0.3 is 10.2 Å². The van der Waals surface area contributed by atoms with Gasteiger partial charge in [0.2, 0.25) is 0 Å². The lowest BCUT2D eigenvalue weighted by Crippen LogP contribution is -2.43. The molecule has 0 radical (unpaired) electrons. The fourth-order valence-electron chi connectivity index (χ4n) is 3.43. The number of hydrogen-bond acceptors (Lipinski definition) is 3. The van der Waals surface area contributed by atoms with Crippen LogP contribution in [0.15, 0.2) is 42.6 Å². The van der Waals surface area contributed by atoms with E-state index in [2.05, 4.69) is 40.4 Å². The van der Waals surface area contributed by atoms with Crippen molar-refractivity contribution in [3.05, 3.63) is 58.2 Å². The summed E-state index contributed by atoms with van der Waals surface area (Å²) in [6.07, 6.45) is 1.91. The van der Waals surface area contributed by atoms with Crippen LogP contribution in [0.25, 0.3) is 10.9 Å². The van der Waals surface area contributed by atoms with Crippen molar-refractivity contribution in [3.8, 4) is 0 Å². The predicted molar refractivity (Wildman–Crippen MR) is 105 cm³/mol. The van der Waals surface area contributed by atoms with Crippen molar-refractivity contribution < 1.29 is 0 Å². The normalized spacial score (nSPS) is 16.4. The zero-order valence-corrected chi connectivity index (χ0v) is 15.6. The third-order valence-electron chi connectivity index (χ3n) is 4.84. The van der Waals surface area contributed by atoms with Gasteiger partial charge in [-0.25, -0.2) is 0 Å². The van der Waals surface area contributed by atoms with Crippen LogP contribution in [0, 0.1) is 0 Å². The lowest BCUT2D eigenvalue weighted by Gasteiger charge is -2.29. The van der Waals surface area contributed by atoms with E-state index in [4.69, 9.17) is 23.2 Å². The monoisotopic (exact) mass is 374 g/mol. The Balaban J connectivity index is 1.73. The Kier molecular flexibility index (Phi) is 4.59. The van der Waals surface area contributed by atoms with Gasteiger partial charge in [-0.1, -0.05) is 29.3 Å². The van der Waals surface area contributed by atoms with Crippen molar-refractivity contribution in [1.29, 1.82) is 0 Å². The molecule has 1 fully saturated rings. The summed E-state index contributed by atoms with van der Waals surface area (Å²) >= 11 is 12.4. The van der Waals surface area contributed by atoms with Gasteiger partial charge in [-0.2, -0.15) is 5.10 Å². The second-order valence-corrected chi connectivity index (χ2v) is 7.25. The maximum Gasteiger partial charge on any atom is 0.0761 e. The smallest absolute Gasteiger partial charge is 0.0761 e. The van der Waals surface area contributed by atoms with Crippen LogP contribution in [0.2, 0.25) is 10.0 Å². The molecule has 0 amide bonds. The maximum atomic E-state index is 6.40. The molecule has 1 saturated heterocycles. The van der Waals surface area contributed by atoms with Crippen molar-refractivity contribution in [2.45, 2.75) is 13.0 Å². The van der Waals surface area contributed by atoms with Gasteiger partial charge in [-0.15, -0.1) is 0 Å². The van der Waals surface area contributed by atoms with E-state index in [0.29, 0.717) is 10.0 Å². The Hall–Kier alpha value is -1.75. The van der Waals surface area contributed by atoms with Crippen molar-refractivity contribution in [2.75, 3.05) is 31.1 Å². The average Bonchev–Trinajstić information content (AvgIpc) is 3.05. The van der Waals surface area contributed by atoms with Crippen molar-refractivity contribution in [3.63, 3.8) is 0 Å². The molecule has 2 heterocycles. The summed E-state index contributed by atoms with van der Waals surface area (Å²) in [6.45, 7) is 6.21. The highest BCUT2D eigenvalue weighted by atomic mass is 35.5. The molecule has 2 aromatic carbocycles. The summed E-state index contributed by atoms with van der Waals surface area (Å²) in [5.74, 6) is 0. The highest BCUT2D eigenvalue weighted by Gasteiger charge is 2.17. The van der Waals surface area contributed by atoms with E-state index < -0.39 is 0 Å². The highest BCUT2D eigenvalue weighted by Crippen LogP contribution is 2.31. The van der Waals surface area contributed by atoms with Gasteiger partial charge in [0.25, 0.3) is 0 Å². The van der Waals surface area contributed by atoms with Gasteiger partial charge in [-0.05, 0) is 42.8 Å². The SMILES string of the molecule is CC(c1ccc(Cl)cc1Cl)n1ncc2ccc(N3CCNCC3)cc21. The van der Waals surface area contributed by atoms with Gasteiger partial charge in [0.15, 0.2) is 0 Å². The molecule has 4 rings (SSSR count).